The summed E-state index contributed by atoms with van der Waals surface area (Å²) in [5.74, 6) is -2.76. The summed E-state index contributed by atoms with van der Waals surface area (Å²) in [7, 11) is 2.46. The minimum atomic E-state index is -0.927. The Morgan fingerprint density at radius 2 is 1.86 bits per heavy atom. The van der Waals surface area contributed by atoms with Crippen molar-refractivity contribution < 1.29 is 23.9 Å². The van der Waals surface area contributed by atoms with Crippen LogP contribution >= 0.6 is 0 Å². The molecule has 0 aromatic rings. The van der Waals surface area contributed by atoms with Crippen molar-refractivity contribution in [3.05, 3.63) is 22.8 Å². The van der Waals surface area contributed by atoms with Gasteiger partial charge < -0.3 is 9.47 Å². The van der Waals surface area contributed by atoms with Crippen molar-refractivity contribution in [2.24, 2.45) is 11.8 Å². The third-order valence-electron chi connectivity index (χ3n) is 3.78. The predicted octanol–water partition coefficient (Wildman–Crippen LogP) is 2.21. The Kier molecular flexibility index (Phi) is 5.88. The highest BCUT2D eigenvalue weighted by Gasteiger charge is 2.41. The van der Waals surface area contributed by atoms with E-state index in [-0.39, 0.29) is 11.5 Å². The van der Waals surface area contributed by atoms with E-state index < -0.39 is 23.6 Å². The van der Waals surface area contributed by atoms with E-state index in [1.807, 2.05) is 19.9 Å². The molecule has 0 N–H and O–H groups in total. The normalized spacial score (nSPS) is 21.9. The van der Waals surface area contributed by atoms with E-state index in [0.717, 1.165) is 5.57 Å². The number of allylic oxidation sites excluding steroid dienone is 3. The number of carbonyl (C=O) groups is 3. The van der Waals surface area contributed by atoms with Crippen LogP contribution in [-0.4, -0.2) is 31.9 Å². The summed E-state index contributed by atoms with van der Waals surface area (Å²) in [6, 6.07) is 0. The second kappa shape index (κ2) is 7.20. The van der Waals surface area contributed by atoms with E-state index in [9.17, 15) is 14.4 Å². The number of rotatable bonds is 4. The summed E-state index contributed by atoms with van der Waals surface area (Å²) in [5.41, 5.74) is 1.82. The van der Waals surface area contributed by atoms with Gasteiger partial charge in [-0.1, -0.05) is 17.2 Å². The van der Waals surface area contributed by atoms with Gasteiger partial charge in [-0.3, -0.25) is 9.59 Å². The van der Waals surface area contributed by atoms with E-state index in [4.69, 9.17) is 0 Å². The number of ether oxygens (including phenoxy) is 2. The third-order valence-corrected chi connectivity index (χ3v) is 3.78. The molecule has 1 aliphatic rings. The summed E-state index contributed by atoms with van der Waals surface area (Å²) < 4.78 is 9.36. The van der Waals surface area contributed by atoms with E-state index in [1.54, 1.807) is 6.92 Å². The van der Waals surface area contributed by atoms with E-state index in [0.29, 0.717) is 18.4 Å². The van der Waals surface area contributed by atoms with E-state index >= 15 is 0 Å². The van der Waals surface area contributed by atoms with Crippen molar-refractivity contribution in [1.82, 2.24) is 0 Å². The number of ketones is 1. The van der Waals surface area contributed by atoms with Crippen LogP contribution in [0.2, 0.25) is 0 Å². The van der Waals surface area contributed by atoms with Crippen LogP contribution in [0.4, 0.5) is 0 Å². The molecule has 1 rings (SSSR count). The number of hydrogen-bond donors (Lipinski definition) is 0. The quantitative estimate of drug-likeness (QED) is 0.344. The first-order valence-corrected chi connectivity index (χ1v) is 6.87. The largest absolute Gasteiger partial charge is 0.468 e. The first kappa shape index (κ1) is 17.1. The van der Waals surface area contributed by atoms with Crippen molar-refractivity contribution in [3.8, 4) is 0 Å². The topological polar surface area (TPSA) is 69.7 Å². The molecule has 0 aromatic heterocycles. The van der Waals surface area contributed by atoms with Crippen LogP contribution in [0.5, 0.6) is 0 Å². The van der Waals surface area contributed by atoms with Gasteiger partial charge in [-0.25, -0.2) is 4.79 Å². The lowest BCUT2D eigenvalue weighted by molar-refractivity contribution is -0.150. The van der Waals surface area contributed by atoms with Gasteiger partial charge >= 0.3 is 11.9 Å². The highest BCUT2D eigenvalue weighted by Crippen LogP contribution is 2.35. The second-order valence-electron chi connectivity index (χ2n) is 5.44. The van der Waals surface area contributed by atoms with E-state index in [1.165, 1.54) is 14.2 Å². The third kappa shape index (κ3) is 3.80. The fraction of sp³-hybridized carbons (Fsp3) is 0.562. The molecule has 21 heavy (non-hydrogen) atoms. The van der Waals surface area contributed by atoms with Crippen LogP contribution in [0.3, 0.4) is 0 Å². The first-order chi connectivity index (χ1) is 9.83. The first-order valence-electron chi connectivity index (χ1n) is 6.87. The Labute approximate surface area is 125 Å². The fourth-order valence-electron chi connectivity index (χ4n) is 2.50. The Hall–Kier alpha value is -1.91. The summed E-state index contributed by atoms with van der Waals surface area (Å²) in [6.07, 6.45) is 3.07. The molecule has 0 spiro atoms. The molecule has 2 atom stereocenters. The zero-order valence-electron chi connectivity index (χ0n) is 13.2. The van der Waals surface area contributed by atoms with Gasteiger partial charge in [0.15, 0.2) is 5.78 Å². The molecule has 0 fully saturated rings. The lowest BCUT2D eigenvalue weighted by atomic mass is 9.75. The molecule has 0 heterocycles. The molecular formula is C16H22O5. The van der Waals surface area contributed by atoms with Crippen molar-refractivity contribution in [2.75, 3.05) is 14.2 Å². The smallest absolute Gasteiger partial charge is 0.341 e. The summed E-state index contributed by atoms with van der Waals surface area (Å²) in [4.78, 5) is 36.0. The van der Waals surface area contributed by atoms with E-state index in [2.05, 4.69) is 9.47 Å². The highest BCUT2D eigenvalue weighted by atomic mass is 16.5. The molecule has 5 heteroatoms. The second-order valence-corrected chi connectivity index (χ2v) is 5.44. The molecule has 5 nitrogen and oxygen atoms in total. The molecule has 0 bridgehead atoms. The van der Waals surface area contributed by atoms with Crippen molar-refractivity contribution >= 4 is 17.7 Å². The van der Waals surface area contributed by atoms with Gasteiger partial charge in [-0.2, -0.15) is 0 Å². The van der Waals surface area contributed by atoms with Crippen LogP contribution < -0.4 is 0 Å². The van der Waals surface area contributed by atoms with Gasteiger partial charge in [0.05, 0.1) is 14.2 Å². The lowest BCUT2D eigenvalue weighted by Crippen LogP contribution is -2.36. The van der Waals surface area contributed by atoms with Crippen molar-refractivity contribution in [1.29, 1.82) is 0 Å². The summed E-state index contributed by atoms with van der Waals surface area (Å²) in [5, 5.41) is 0. The van der Waals surface area contributed by atoms with Gasteiger partial charge in [-0.05, 0) is 39.5 Å². The molecule has 116 valence electrons. The Balaban J connectivity index is 3.22. The number of Topliss-reactive ketones (excluding diaryl/α,β-unsaturated/α-hetero) is 1. The average molecular weight is 294 g/mol. The predicted molar refractivity (Wildman–Crippen MR) is 77.4 cm³/mol. The molecule has 1 aliphatic carbocycles. The van der Waals surface area contributed by atoms with Crippen LogP contribution in [0.15, 0.2) is 22.8 Å². The van der Waals surface area contributed by atoms with Crippen molar-refractivity contribution in [2.45, 2.75) is 33.6 Å². The molecule has 0 radical (unpaired) electrons. The maximum atomic E-state index is 12.3. The summed E-state index contributed by atoms with van der Waals surface area (Å²) >= 11 is 0. The maximum absolute atomic E-state index is 12.3. The Bertz CT molecular complexity index is 509. The van der Waals surface area contributed by atoms with Crippen LogP contribution in [0, 0.1) is 11.8 Å². The average Bonchev–Trinajstić information content (AvgIpc) is 2.45. The number of hydrogen-bond acceptors (Lipinski definition) is 5. The van der Waals surface area contributed by atoms with Gasteiger partial charge in [0.2, 0.25) is 0 Å². The van der Waals surface area contributed by atoms with Crippen LogP contribution in [-0.2, 0) is 23.9 Å². The number of esters is 2. The molecule has 0 amide bonds. The monoisotopic (exact) mass is 294 g/mol. The maximum Gasteiger partial charge on any atom is 0.341 e. The standard InChI is InChI=1S/C16H22O5/c1-9(2)6-7-11-8-12(15(18)20-4)14(17)13(10(11)3)16(19)21-5/h6,11-12H,7-8H2,1-5H3. The highest BCUT2D eigenvalue weighted by molar-refractivity contribution is 6.23. The minimum absolute atomic E-state index is 0.00805. The molecule has 2 unspecified atom stereocenters. The lowest BCUT2D eigenvalue weighted by Gasteiger charge is -2.28. The van der Waals surface area contributed by atoms with Crippen molar-refractivity contribution in [3.63, 3.8) is 0 Å². The van der Waals surface area contributed by atoms with Gasteiger partial charge in [-0.15, -0.1) is 0 Å². The van der Waals surface area contributed by atoms with Crippen LogP contribution in [0.1, 0.15) is 33.6 Å². The Morgan fingerprint density at radius 1 is 1.24 bits per heavy atom. The number of methoxy groups -OCH3 is 2. The molecule has 0 saturated heterocycles. The molecular weight excluding hydrogens is 272 g/mol. The van der Waals surface area contributed by atoms with Gasteiger partial charge in [0.1, 0.15) is 11.5 Å². The van der Waals surface area contributed by atoms with Crippen LogP contribution in [0.25, 0.3) is 0 Å². The molecule has 0 aromatic carbocycles. The SMILES string of the molecule is COC(=O)C1=C(C)C(CC=C(C)C)CC(C(=O)OC)C1=O. The van der Waals surface area contributed by atoms with Gasteiger partial charge in [0.25, 0.3) is 0 Å². The Morgan fingerprint density at radius 3 is 2.33 bits per heavy atom. The summed E-state index contributed by atoms with van der Waals surface area (Å²) in [6.45, 7) is 5.71. The molecule has 0 saturated carbocycles. The zero-order chi connectivity index (χ0) is 16.2. The zero-order valence-corrected chi connectivity index (χ0v) is 13.2. The minimum Gasteiger partial charge on any atom is -0.468 e. The van der Waals surface area contributed by atoms with Gasteiger partial charge in [0, 0.05) is 0 Å². The fourth-order valence-corrected chi connectivity index (χ4v) is 2.50. The molecule has 0 aliphatic heterocycles. The number of carbonyl (C=O) groups excluding carboxylic acids is 3.